The first-order valence-corrected chi connectivity index (χ1v) is 6.16. The maximum atomic E-state index is 8.65. The number of halogens is 1. The standard InChI is InChI=1S/C11H14BrN3O2/c12-8-1-2-10(14-6-8)11-5-9(17-15-11)7-13-3-4-16/h1-2,5-6,9,13,15-16H,3-4,7H2/t9-/m0/s1. The number of nitrogens with one attached hydrogen (secondary N) is 2. The zero-order chi connectivity index (χ0) is 12.1. The van der Waals surface area contributed by atoms with Crippen LogP contribution in [0.25, 0.3) is 5.70 Å². The fourth-order valence-corrected chi connectivity index (χ4v) is 1.72. The van der Waals surface area contributed by atoms with Crippen molar-refractivity contribution < 1.29 is 9.94 Å². The van der Waals surface area contributed by atoms with Gasteiger partial charge in [-0.2, -0.15) is 0 Å². The summed E-state index contributed by atoms with van der Waals surface area (Å²) in [6.07, 6.45) is 3.68. The van der Waals surface area contributed by atoms with Gasteiger partial charge in [-0.25, -0.2) is 0 Å². The van der Waals surface area contributed by atoms with E-state index in [-0.39, 0.29) is 12.7 Å². The molecule has 17 heavy (non-hydrogen) atoms. The summed E-state index contributed by atoms with van der Waals surface area (Å²) in [6, 6.07) is 3.85. The topological polar surface area (TPSA) is 66.4 Å². The number of hydrogen-bond donors (Lipinski definition) is 3. The van der Waals surface area contributed by atoms with Crippen molar-refractivity contribution in [1.82, 2.24) is 15.8 Å². The average Bonchev–Trinajstić information content (AvgIpc) is 2.79. The van der Waals surface area contributed by atoms with E-state index in [0.29, 0.717) is 13.1 Å². The van der Waals surface area contributed by atoms with Crippen LogP contribution in [-0.2, 0) is 4.84 Å². The molecule has 0 saturated heterocycles. The SMILES string of the molecule is OCCNC[C@@H]1C=C(c2ccc(Br)cn2)NO1. The molecule has 0 fully saturated rings. The summed E-state index contributed by atoms with van der Waals surface area (Å²) < 4.78 is 0.946. The summed E-state index contributed by atoms with van der Waals surface area (Å²) in [6.45, 7) is 1.36. The lowest BCUT2D eigenvalue weighted by atomic mass is 10.2. The molecular formula is C11H14BrN3O2. The van der Waals surface area contributed by atoms with E-state index in [2.05, 4.69) is 31.7 Å². The second-order valence-electron chi connectivity index (χ2n) is 3.63. The molecule has 1 aliphatic rings. The molecular weight excluding hydrogens is 286 g/mol. The fraction of sp³-hybridized carbons (Fsp3) is 0.364. The maximum absolute atomic E-state index is 8.65. The molecule has 3 N–H and O–H groups in total. The van der Waals surface area contributed by atoms with E-state index in [1.165, 1.54) is 0 Å². The van der Waals surface area contributed by atoms with E-state index in [4.69, 9.17) is 9.94 Å². The molecule has 0 amide bonds. The highest BCUT2D eigenvalue weighted by molar-refractivity contribution is 9.10. The Kier molecular flexibility index (Phi) is 4.49. The number of aromatic nitrogens is 1. The third-order valence-electron chi connectivity index (χ3n) is 2.31. The van der Waals surface area contributed by atoms with Crippen LogP contribution in [0.15, 0.2) is 28.9 Å². The van der Waals surface area contributed by atoms with Gasteiger partial charge in [-0.05, 0) is 34.1 Å². The Hall–Kier alpha value is -0.950. The van der Waals surface area contributed by atoms with Gasteiger partial charge in [0.2, 0.25) is 0 Å². The van der Waals surface area contributed by atoms with Crippen molar-refractivity contribution in [3.8, 4) is 0 Å². The van der Waals surface area contributed by atoms with Gasteiger partial charge in [-0.15, -0.1) is 0 Å². The van der Waals surface area contributed by atoms with Crippen molar-refractivity contribution >= 4 is 21.6 Å². The number of hydroxylamine groups is 1. The van der Waals surface area contributed by atoms with Crippen molar-refractivity contribution in [1.29, 1.82) is 0 Å². The van der Waals surface area contributed by atoms with E-state index >= 15 is 0 Å². The fourth-order valence-electron chi connectivity index (χ4n) is 1.49. The summed E-state index contributed by atoms with van der Waals surface area (Å²) in [5.74, 6) is 0. The lowest BCUT2D eigenvalue weighted by Gasteiger charge is -2.07. The van der Waals surface area contributed by atoms with E-state index < -0.39 is 0 Å². The molecule has 0 radical (unpaired) electrons. The van der Waals surface area contributed by atoms with Gasteiger partial charge in [-0.1, -0.05) is 0 Å². The van der Waals surface area contributed by atoms with Crippen molar-refractivity contribution in [3.63, 3.8) is 0 Å². The highest BCUT2D eigenvalue weighted by atomic mass is 79.9. The third kappa shape index (κ3) is 3.50. The number of nitrogens with zero attached hydrogens (tertiary/aromatic N) is 1. The van der Waals surface area contributed by atoms with Gasteiger partial charge in [0, 0.05) is 23.8 Å². The molecule has 0 spiro atoms. The van der Waals surface area contributed by atoms with E-state index in [9.17, 15) is 0 Å². The van der Waals surface area contributed by atoms with Crippen molar-refractivity contribution in [2.75, 3.05) is 19.7 Å². The monoisotopic (exact) mass is 299 g/mol. The van der Waals surface area contributed by atoms with Crippen molar-refractivity contribution in [2.24, 2.45) is 0 Å². The molecule has 0 bridgehead atoms. The second kappa shape index (κ2) is 6.11. The Morgan fingerprint density at radius 2 is 2.41 bits per heavy atom. The molecule has 2 rings (SSSR count). The van der Waals surface area contributed by atoms with Gasteiger partial charge < -0.3 is 10.4 Å². The number of aliphatic hydroxyl groups is 1. The normalized spacial score (nSPS) is 18.9. The maximum Gasteiger partial charge on any atom is 0.118 e. The lowest BCUT2D eigenvalue weighted by Crippen LogP contribution is -2.29. The summed E-state index contributed by atoms with van der Waals surface area (Å²) in [7, 11) is 0. The minimum atomic E-state index is -0.0398. The molecule has 2 heterocycles. The molecule has 92 valence electrons. The molecule has 1 aliphatic heterocycles. The van der Waals surface area contributed by atoms with Gasteiger partial charge in [0.05, 0.1) is 18.0 Å². The Morgan fingerprint density at radius 1 is 1.53 bits per heavy atom. The first-order chi connectivity index (χ1) is 8.29. The van der Waals surface area contributed by atoms with Gasteiger partial charge >= 0.3 is 0 Å². The van der Waals surface area contributed by atoms with Gasteiger partial charge in [0.15, 0.2) is 0 Å². The lowest BCUT2D eigenvalue weighted by molar-refractivity contribution is 0.0511. The van der Waals surface area contributed by atoms with E-state index in [0.717, 1.165) is 15.9 Å². The van der Waals surface area contributed by atoms with Crippen LogP contribution >= 0.6 is 15.9 Å². The van der Waals surface area contributed by atoms with Crippen LogP contribution in [0.4, 0.5) is 0 Å². The first-order valence-electron chi connectivity index (χ1n) is 5.36. The van der Waals surface area contributed by atoms with Crippen LogP contribution in [0.5, 0.6) is 0 Å². The van der Waals surface area contributed by atoms with Crippen LogP contribution in [-0.4, -0.2) is 35.9 Å². The second-order valence-corrected chi connectivity index (χ2v) is 4.54. The van der Waals surface area contributed by atoms with Crippen LogP contribution in [0.3, 0.4) is 0 Å². The first kappa shape index (κ1) is 12.5. The van der Waals surface area contributed by atoms with Crippen LogP contribution in [0, 0.1) is 0 Å². The number of rotatable bonds is 5. The van der Waals surface area contributed by atoms with Crippen molar-refractivity contribution in [3.05, 3.63) is 34.6 Å². The smallest absolute Gasteiger partial charge is 0.118 e. The summed E-state index contributed by atoms with van der Waals surface area (Å²) in [4.78, 5) is 9.63. The molecule has 5 nitrogen and oxygen atoms in total. The summed E-state index contributed by atoms with van der Waals surface area (Å²) in [5.41, 5.74) is 4.56. The van der Waals surface area contributed by atoms with E-state index in [1.807, 2.05) is 18.2 Å². The minimum Gasteiger partial charge on any atom is -0.395 e. The summed E-state index contributed by atoms with van der Waals surface area (Å²) >= 11 is 3.34. The zero-order valence-electron chi connectivity index (χ0n) is 9.19. The zero-order valence-corrected chi connectivity index (χ0v) is 10.8. The molecule has 1 aromatic heterocycles. The quantitative estimate of drug-likeness (QED) is 0.698. The number of pyridine rings is 1. The molecule has 0 aromatic carbocycles. The number of aliphatic hydroxyl groups excluding tert-OH is 1. The highest BCUT2D eigenvalue weighted by Gasteiger charge is 2.17. The molecule has 6 heteroatoms. The Labute approximate surface area is 108 Å². The van der Waals surface area contributed by atoms with Crippen molar-refractivity contribution in [2.45, 2.75) is 6.10 Å². The number of hydrogen-bond acceptors (Lipinski definition) is 5. The largest absolute Gasteiger partial charge is 0.395 e. The van der Waals surface area contributed by atoms with Gasteiger partial charge in [0.1, 0.15) is 6.10 Å². The molecule has 0 aliphatic carbocycles. The average molecular weight is 300 g/mol. The van der Waals surface area contributed by atoms with E-state index in [1.54, 1.807) is 6.20 Å². The third-order valence-corrected chi connectivity index (χ3v) is 2.78. The van der Waals surface area contributed by atoms with Crippen LogP contribution in [0.2, 0.25) is 0 Å². The summed E-state index contributed by atoms with van der Waals surface area (Å²) in [5, 5.41) is 11.7. The Morgan fingerprint density at radius 3 is 3.12 bits per heavy atom. The molecule has 1 aromatic rings. The molecule has 0 unspecified atom stereocenters. The molecule has 1 atom stereocenters. The minimum absolute atomic E-state index is 0.0398. The Balaban J connectivity index is 1.94. The predicted molar refractivity (Wildman–Crippen MR) is 67.9 cm³/mol. The molecule has 0 saturated carbocycles. The highest BCUT2D eigenvalue weighted by Crippen LogP contribution is 2.17. The van der Waals surface area contributed by atoms with Crippen LogP contribution < -0.4 is 10.8 Å². The van der Waals surface area contributed by atoms with Gasteiger partial charge in [0.25, 0.3) is 0 Å². The van der Waals surface area contributed by atoms with Gasteiger partial charge in [-0.3, -0.25) is 15.3 Å². The van der Waals surface area contributed by atoms with Crippen LogP contribution in [0.1, 0.15) is 5.69 Å². The predicted octanol–water partition coefficient (Wildman–Crippen LogP) is 0.670. The Bertz CT molecular complexity index is 394.